The lowest BCUT2D eigenvalue weighted by Crippen LogP contribution is -2.50. The summed E-state index contributed by atoms with van der Waals surface area (Å²) < 4.78 is 24.9. The van der Waals surface area contributed by atoms with Gasteiger partial charge in [-0.2, -0.15) is 5.10 Å². The molecule has 7 rings (SSSR count). The molecule has 0 unspecified atom stereocenters. The van der Waals surface area contributed by atoms with Crippen molar-refractivity contribution in [3.63, 3.8) is 0 Å². The molecule has 0 N–H and O–H groups in total. The molecule has 3 aliphatic heterocycles. The Morgan fingerprint density at radius 2 is 1.45 bits per heavy atom. The van der Waals surface area contributed by atoms with Crippen molar-refractivity contribution in [2.45, 2.75) is 57.5 Å². The number of piperazine rings is 1. The normalized spacial score (nSPS) is 20.8. The minimum atomic E-state index is -0.482. The molecule has 258 valence electrons. The Bertz CT molecular complexity index is 1730. The lowest BCUT2D eigenvalue weighted by molar-refractivity contribution is -0.221. The van der Waals surface area contributed by atoms with E-state index in [0.717, 1.165) is 40.7 Å². The molecule has 4 aromatic rings. The molecule has 0 bridgehead atoms. The van der Waals surface area contributed by atoms with Crippen LogP contribution in [0.1, 0.15) is 56.9 Å². The highest BCUT2D eigenvalue weighted by Crippen LogP contribution is 2.33. The Morgan fingerprint density at radius 3 is 2.12 bits per heavy atom. The minimum absolute atomic E-state index is 0.224. The highest BCUT2D eigenvalue weighted by molar-refractivity contribution is 5.80. The smallest absolute Gasteiger partial charge is 0.410 e. The fourth-order valence-corrected chi connectivity index (χ4v) is 6.80. The predicted octanol–water partition coefficient (Wildman–Crippen LogP) is 6.49. The second kappa shape index (κ2) is 14.1. The van der Waals surface area contributed by atoms with Crippen LogP contribution < -0.4 is 4.90 Å². The van der Waals surface area contributed by atoms with Gasteiger partial charge in [-0.15, -0.1) is 0 Å². The first kappa shape index (κ1) is 32.9. The number of fused-ring (bicyclic) bond motifs is 1. The van der Waals surface area contributed by atoms with Gasteiger partial charge in [-0.05, 0) is 62.8 Å². The number of carbonyl (C=O) groups is 2. The zero-order chi connectivity index (χ0) is 34.0. The lowest BCUT2D eigenvalue weighted by Gasteiger charge is -2.37. The van der Waals surface area contributed by atoms with E-state index >= 15 is 0 Å². The molecule has 0 atom stereocenters. The Hall–Kier alpha value is -4.61. The van der Waals surface area contributed by atoms with Gasteiger partial charge in [-0.25, -0.2) is 14.1 Å². The van der Waals surface area contributed by atoms with E-state index in [9.17, 15) is 9.59 Å². The highest BCUT2D eigenvalue weighted by atomic mass is 16.7. The monoisotopic (exact) mass is 667 g/mol. The number of aromatic nitrogens is 2. The van der Waals surface area contributed by atoms with Crippen LogP contribution in [0.15, 0.2) is 79.1 Å². The molecule has 2 amide bonds. The Kier molecular flexibility index (Phi) is 9.46. The number of hydrogen-bond donors (Lipinski definition) is 0. The first-order valence-electron chi connectivity index (χ1n) is 17.2. The van der Waals surface area contributed by atoms with Crippen LogP contribution in [-0.2, 0) is 18.9 Å². The van der Waals surface area contributed by atoms with Crippen LogP contribution in [0.5, 0.6) is 0 Å². The fraction of sp³-hybridized carbons (Fsp3) is 0.447. The van der Waals surface area contributed by atoms with Gasteiger partial charge in [-0.1, -0.05) is 54.6 Å². The maximum Gasteiger partial charge on any atom is 0.410 e. The van der Waals surface area contributed by atoms with Crippen LogP contribution >= 0.6 is 0 Å². The molecule has 2 aromatic heterocycles. The van der Waals surface area contributed by atoms with Crippen molar-refractivity contribution in [1.82, 2.24) is 19.4 Å². The Morgan fingerprint density at radius 1 is 0.776 bits per heavy atom. The summed E-state index contributed by atoms with van der Waals surface area (Å²) in [6.07, 6.45) is 4.30. The summed E-state index contributed by atoms with van der Waals surface area (Å²) in [4.78, 5) is 31.3. The molecule has 0 spiro atoms. The van der Waals surface area contributed by atoms with E-state index in [-0.39, 0.29) is 12.2 Å². The number of ether oxygens (including phenoxy) is 4. The van der Waals surface area contributed by atoms with Crippen LogP contribution in [0.25, 0.3) is 16.6 Å². The van der Waals surface area contributed by atoms with Gasteiger partial charge in [0.25, 0.3) is 0 Å². The van der Waals surface area contributed by atoms with E-state index < -0.39 is 18.0 Å². The average Bonchev–Trinajstić information content (AvgIpc) is 3.57. The number of hydrogen-bond acceptors (Lipinski definition) is 8. The molecular weight excluding hydrogens is 622 g/mol. The van der Waals surface area contributed by atoms with Crippen molar-refractivity contribution in [1.29, 1.82) is 0 Å². The summed E-state index contributed by atoms with van der Waals surface area (Å²) in [7, 11) is 0. The van der Waals surface area contributed by atoms with E-state index in [1.807, 2.05) is 72.8 Å². The van der Waals surface area contributed by atoms with Crippen molar-refractivity contribution >= 4 is 23.4 Å². The van der Waals surface area contributed by atoms with Crippen molar-refractivity contribution in [2.24, 2.45) is 0 Å². The van der Waals surface area contributed by atoms with E-state index in [2.05, 4.69) is 46.5 Å². The van der Waals surface area contributed by atoms with Crippen molar-refractivity contribution < 1.29 is 28.5 Å². The molecule has 2 aromatic carbocycles. The molecule has 0 aliphatic carbocycles. The van der Waals surface area contributed by atoms with Crippen molar-refractivity contribution in [2.75, 3.05) is 57.4 Å². The zero-order valence-electron chi connectivity index (χ0n) is 28.5. The fourth-order valence-electron chi connectivity index (χ4n) is 6.80. The molecule has 0 saturated carbocycles. The summed E-state index contributed by atoms with van der Waals surface area (Å²) in [5, 5.41) is 4.59. The molecule has 11 heteroatoms. The number of likely N-dealkylation sites (tertiary alicyclic amines) is 1. The first-order valence-corrected chi connectivity index (χ1v) is 17.2. The SMILES string of the molecule is CC(C)(C)OC(=O)N1CCC(c2ccc(-c3cc4c(N5CCN(C(=O)OC6COC(c7ccccc7)OC6)CC5)ccnn4c3)cc2)CC1. The zero-order valence-corrected chi connectivity index (χ0v) is 28.5. The average molecular weight is 668 g/mol. The number of anilines is 1. The van der Waals surface area contributed by atoms with Gasteiger partial charge in [0, 0.05) is 62.8 Å². The molecule has 5 heterocycles. The van der Waals surface area contributed by atoms with E-state index in [1.165, 1.54) is 5.56 Å². The number of rotatable bonds is 5. The summed E-state index contributed by atoms with van der Waals surface area (Å²) in [5.41, 5.74) is 6.10. The van der Waals surface area contributed by atoms with E-state index in [4.69, 9.17) is 18.9 Å². The summed E-state index contributed by atoms with van der Waals surface area (Å²) in [6.45, 7) is 10.2. The van der Waals surface area contributed by atoms with Crippen molar-refractivity contribution in [3.05, 3.63) is 90.3 Å². The van der Waals surface area contributed by atoms with Gasteiger partial charge in [0.1, 0.15) is 5.60 Å². The molecule has 11 nitrogen and oxygen atoms in total. The number of nitrogens with zero attached hydrogens (tertiary/aromatic N) is 5. The largest absolute Gasteiger partial charge is 0.444 e. The Balaban J connectivity index is 0.923. The van der Waals surface area contributed by atoms with Crippen LogP contribution in [-0.4, -0.2) is 95.8 Å². The maximum absolute atomic E-state index is 13.0. The van der Waals surface area contributed by atoms with Gasteiger partial charge in [0.05, 0.1) is 24.4 Å². The number of amides is 2. The number of piperidine rings is 1. The third kappa shape index (κ3) is 7.68. The summed E-state index contributed by atoms with van der Waals surface area (Å²) >= 11 is 0. The third-order valence-corrected chi connectivity index (χ3v) is 9.43. The number of benzene rings is 2. The second-order valence-electron chi connectivity index (χ2n) is 14.0. The van der Waals surface area contributed by atoms with Crippen LogP contribution in [0.4, 0.5) is 15.3 Å². The lowest BCUT2D eigenvalue weighted by atomic mass is 9.89. The van der Waals surface area contributed by atoms with Gasteiger partial charge >= 0.3 is 12.2 Å². The summed E-state index contributed by atoms with van der Waals surface area (Å²) in [6, 6.07) is 22.8. The molecule has 49 heavy (non-hydrogen) atoms. The van der Waals surface area contributed by atoms with Crippen LogP contribution in [0.2, 0.25) is 0 Å². The van der Waals surface area contributed by atoms with Gasteiger partial charge in [-0.3, -0.25) is 0 Å². The molecular formula is C38H45N5O6. The number of carbonyl (C=O) groups excluding carboxylic acids is 2. The summed E-state index contributed by atoms with van der Waals surface area (Å²) in [5.74, 6) is 0.418. The van der Waals surface area contributed by atoms with E-state index in [1.54, 1.807) is 4.90 Å². The van der Waals surface area contributed by atoms with Gasteiger partial charge in [0.15, 0.2) is 12.4 Å². The maximum atomic E-state index is 13.0. The second-order valence-corrected chi connectivity index (χ2v) is 14.0. The van der Waals surface area contributed by atoms with E-state index in [0.29, 0.717) is 58.4 Å². The highest BCUT2D eigenvalue weighted by Gasteiger charge is 2.30. The van der Waals surface area contributed by atoms with Crippen LogP contribution in [0.3, 0.4) is 0 Å². The molecule has 3 saturated heterocycles. The van der Waals surface area contributed by atoms with Gasteiger partial charge < -0.3 is 33.6 Å². The molecule has 3 aliphatic rings. The standard InChI is InChI=1S/C38H45N5O6/c1-38(2,3)49-37(45)41-17-14-29(15-18-41)27-9-11-28(12-10-27)31-23-34-33(13-16-39-43(34)24-31)40-19-21-42(22-20-40)36(44)48-32-25-46-35(47-26-32)30-7-5-4-6-8-30/h4-13,16,23-24,29,32,35H,14-15,17-22,25-26H2,1-3H3. The molecule has 0 radical (unpaired) electrons. The third-order valence-electron chi connectivity index (χ3n) is 9.43. The topological polar surface area (TPSA) is 98.1 Å². The Labute approximate surface area is 287 Å². The predicted molar refractivity (Wildman–Crippen MR) is 186 cm³/mol. The quantitative estimate of drug-likeness (QED) is 0.238. The van der Waals surface area contributed by atoms with Gasteiger partial charge in [0.2, 0.25) is 0 Å². The van der Waals surface area contributed by atoms with Crippen LogP contribution in [0, 0.1) is 0 Å². The van der Waals surface area contributed by atoms with Crippen molar-refractivity contribution in [3.8, 4) is 11.1 Å². The minimum Gasteiger partial charge on any atom is -0.444 e. The first-order chi connectivity index (χ1) is 23.7. The molecule has 3 fully saturated rings.